The van der Waals surface area contributed by atoms with E-state index in [2.05, 4.69) is 18.9 Å². The number of likely N-dealkylation sites (tertiary alicyclic amines) is 1. The number of rotatable bonds is 0. The van der Waals surface area contributed by atoms with Crippen molar-refractivity contribution in [3.63, 3.8) is 0 Å². The van der Waals surface area contributed by atoms with E-state index < -0.39 is 0 Å². The Balaban J connectivity index is 0.000000810. The molecule has 59 valence electrons. The van der Waals surface area contributed by atoms with Crippen LogP contribution in [0.1, 0.15) is 19.8 Å². The third-order valence-electron chi connectivity index (χ3n) is 2.21. The van der Waals surface area contributed by atoms with E-state index in [1.54, 1.807) is 0 Å². The number of nitrogens with one attached hydrogen (secondary N) is 1. The molecule has 2 unspecified atom stereocenters. The van der Waals surface area contributed by atoms with Gasteiger partial charge in [0.15, 0.2) is 0 Å². The van der Waals surface area contributed by atoms with Gasteiger partial charge in [0.05, 0.1) is 0 Å². The Morgan fingerprint density at radius 1 is 1.50 bits per heavy atom. The van der Waals surface area contributed by atoms with Crippen LogP contribution < -0.4 is 0 Å². The van der Waals surface area contributed by atoms with Crippen molar-refractivity contribution in [3.05, 3.63) is 5.73 Å². The molecule has 0 aliphatic carbocycles. The van der Waals surface area contributed by atoms with Gasteiger partial charge in [-0.1, -0.05) is 12.8 Å². The van der Waals surface area contributed by atoms with Gasteiger partial charge in [-0.25, -0.2) is 0 Å². The molecule has 0 aromatic heterocycles. The first kappa shape index (κ1) is 10.5. The summed E-state index contributed by atoms with van der Waals surface area (Å²) < 4.78 is 0. The Bertz CT molecular complexity index is 97.6. The van der Waals surface area contributed by atoms with E-state index in [1.165, 1.54) is 0 Å². The van der Waals surface area contributed by atoms with Gasteiger partial charge in [-0.2, -0.15) is 0 Å². The minimum Gasteiger partial charge on any atom is -0.675 e. The van der Waals surface area contributed by atoms with Gasteiger partial charge >= 0.3 is 0 Å². The summed E-state index contributed by atoms with van der Waals surface area (Å²) in [6.07, 6.45) is 2.11. The second-order valence-corrected chi connectivity index (χ2v) is 3.05. The molecular weight excluding hydrogens is 163 g/mol. The molecule has 1 aliphatic rings. The SMILES string of the molecule is CC1CC([NH-])CCN1C.[V]. The average molecular weight is 178 g/mol. The molecule has 1 saturated heterocycles. The molecule has 1 N–H and O–H groups in total. The minimum atomic E-state index is 0. The predicted molar refractivity (Wildman–Crippen MR) is 39.4 cm³/mol. The van der Waals surface area contributed by atoms with E-state index in [0.717, 1.165) is 19.4 Å². The van der Waals surface area contributed by atoms with Crippen molar-refractivity contribution >= 4 is 0 Å². The quantitative estimate of drug-likeness (QED) is 0.552. The first-order valence-corrected chi connectivity index (χ1v) is 3.61. The first-order chi connectivity index (χ1) is 4.20. The fourth-order valence-electron chi connectivity index (χ4n) is 1.29. The average Bonchev–Trinajstić information content (AvgIpc) is 1.80. The molecule has 0 bridgehead atoms. The first-order valence-electron chi connectivity index (χ1n) is 3.61. The molecule has 3 heteroatoms. The van der Waals surface area contributed by atoms with Gasteiger partial charge in [0.25, 0.3) is 0 Å². The fraction of sp³-hybridized carbons (Fsp3) is 1.00. The zero-order valence-electron chi connectivity index (χ0n) is 6.67. The zero-order chi connectivity index (χ0) is 6.85. The number of hydrogen-bond acceptors (Lipinski definition) is 1. The summed E-state index contributed by atoms with van der Waals surface area (Å²) in [7, 11) is 2.14. The molecule has 1 aliphatic heterocycles. The third-order valence-corrected chi connectivity index (χ3v) is 2.21. The van der Waals surface area contributed by atoms with Crippen molar-refractivity contribution in [2.24, 2.45) is 0 Å². The molecule has 0 aromatic carbocycles. The van der Waals surface area contributed by atoms with Gasteiger partial charge in [0.2, 0.25) is 0 Å². The second-order valence-electron chi connectivity index (χ2n) is 3.05. The largest absolute Gasteiger partial charge is 0.675 e. The predicted octanol–water partition coefficient (Wildman–Crippen LogP) is 1.52. The number of nitrogens with zero attached hydrogens (tertiary/aromatic N) is 1. The van der Waals surface area contributed by atoms with E-state index in [9.17, 15) is 0 Å². The molecule has 1 rings (SSSR count). The normalized spacial score (nSPS) is 35.1. The van der Waals surface area contributed by atoms with Crippen LogP contribution in [0.15, 0.2) is 0 Å². The Labute approximate surface area is 75.0 Å². The van der Waals surface area contributed by atoms with Gasteiger partial charge in [0, 0.05) is 24.6 Å². The smallest absolute Gasteiger partial charge is 0.00499 e. The van der Waals surface area contributed by atoms with E-state index in [-0.39, 0.29) is 24.6 Å². The van der Waals surface area contributed by atoms with E-state index in [0.29, 0.717) is 6.04 Å². The maximum absolute atomic E-state index is 7.47. The molecular formula is C7H15N2V-. The van der Waals surface area contributed by atoms with Crippen LogP contribution in [0, 0.1) is 0 Å². The van der Waals surface area contributed by atoms with Crippen molar-refractivity contribution in [2.75, 3.05) is 13.6 Å². The molecule has 1 fully saturated rings. The summed E-state index contributed by atoms with van der Waals surface area (Å²) in [4.78, 5) is 2.32. The summed E-state index contributed by atoms with van der Waals surface area (Å²) in [6, 6.07) is 0.831. The summed E-state index contributed by atoms with van der Waals surface area (Å²) in [5.74, 6) is 0. The monoisotopic (exact) mass is 178 g/mol. The molecule has 0 amide bonds. The maximum atomic E-state index is 7.47. The van der Waals surface area contributed by atoms with Crippen LogP contribution in [-0.2, 0) is 18.6 Å². The summed E-state index contributed by atoms with van der Waals surface area (Å²) >= 11 is 0. The van der Waals surface area contributed by atoms with Gasteiger partial charge in [-0.05, 0) is 20.5 Å². The van der Waals surface area contributed by atoms with Crippen LogP contribution >= 0.6 is 0 Å². The van der Waals surface area contributed by atoms with Gasteiger partial charge in [-0.3, -0.25) is 0 Å². The topological polar surface area (TPSA) is 27.0 Å². The molecule has 2 nitrogen and oxygen atoms in total. The van der Waals surface area contributed by atoms with Gasteiger partial charge in [0.1, 0.15) is 0 Å². The maximum Gasteiger partial charge on any atom is 0.00499 e. The minimum absolute atomic E-state index is 0. The van der Waals surface area contributed by atoms with Crippen molar-refractivity contribution in [2.45, 2.75) is 31.8 Å². The van der Waals surface area contributed by atoms with Crippen LogP contribution in [0.4, 0.5) is 0 Å². The summed E-state index contributed by atoms with van der Waals surface area (Å²) in [6.45, 7) is 3.30. The molecule has 1 radical (unpaired) electrons. The van der Waals surface area contributed by atoms with Crippen LogP contribution in [-0.4, -0.2) is 30.6 Å². The summed E-state index contributed by atoms with van der Waals surface area (Å²) in [5.41, 5.74) is 7.47. The van der Waals surface area contributed by atoms with Gasteiger partial charge < -0.3 is 10.6 Å². The fourth-order valence-corrected chi connectivity index (χ4v) is 1.29. The zero-order valence-corrected chi connectivity index (χ0v) is 8.07. The van der Waals surface area contributed by atoms with E-state index >= 15 is 0 Å². The molecule has 10 heavy (non-hydrogen) atoms. The third kappa shape index (κ3) is 2.63. The molecule has 1 heterocycles. The standard InChI is InChI=1S/C7H15N2.V/c1-6-5-7(8)3-4-9(6)2;/h6-8H,3-5H2,1-2H3;/q-1;. The number of hydrogen-bond donors (Lipinski definition) is 0. The van der Waals surface area contributed by atoms with Crippen LogP contribution in [0.5, 0.6) is 0 Å². The van der Waals surface area contributed by atoms with Crippen molar-refractivity contribution < 1.29 is 18.6 Å². The van der Waals surface area contributed by atoms with E-state index in [1.807, 2.05) is 0 Å². The number of piperidine rings is 1. The Morgan fingerprint density at radius 3 is 2.50 bits per heavy atom. The van der Waals surface area contributed by atoms with E-state index in [4.69, 9.17) is 5.73 Å². The second kappa shape index (κ2) is 4.40. The van der Waals surface area contributed by atoms with Crippen molar-refractivity contribution in [1.82, 2.24) is 4.90 Å². The van der Waals surface area contributed by atoms with Crippen LogP contribution in [0.2, 0.25) is 0 Å². The molecule has 0 aromatic rings. The van der Waals surface area contributed by atoms with Crippen LogP contribution in [0.3, 0.4) is 0 Å². The summed E-state index contributed by atoms with van der Waals surface area (Å²) in [5, 5.41) is 0. The Hall–Kier alpha value is 0.504. The van der Waals surface area contributed by atoms with Gasteiger partial charge in [-0.15, -0.1) is 6.04 Å². The van der Waals surface area contributed by atoms with Crippen LogP contribution in [0.25, 0.3) is 5.73 Å². The molecule has 0 spiro atoms. The Kier molecular flexibility index (Phi) is 4.62. The van der Waals surface area contributed by atoms with Crippen molar-refractivity contribution in [1.29, 1.82) is 0 Å². The molecule has 0 saturated carbocycles. The Morgan fingerprint density at radius 2 is 2.10 bits per heavy atom. The van der Waals surface area contributed by atoms with Crippen molar-refractivity contribution in [3.8, 4) is 0 Å². The molecule has 2 atom stereocenters.